The molecule has 1 saturated heterocycles. The Kier molecular flexibility index (Phi) is 3.78. The van der Waals surface area contributed by atoms with Crippen LogP contribution in [0, 0.1) is 18.3 Å². The third kappa shape index (κ3) is 2.67. The Morgan fingerprint density at radius 1 is 1.33 bits per heavy atom. The number of aromatic nitrogens is 3. The summed E-state index contributed by atoms with van der Waals surface area (Å²) in [5.74, 6) is 2.64. The largest absolute Gasteiger partial charge is 0.424 e. The van der Waals surface area contributed by atoms with Crippen molar-refractivity contribution in [1.82, 2.24) is 15.1 Å². The zero-order valence-corrected chi connectivity index (χ0v) is 13.9. The first-order chi connectivity index (χ1) is 11.7. The van der Waals surface area contributed by atoms with E-state index >= 15 is 0 Å². The first kappa shape index (κ1) is 14.9. The molecule has 1 aliphatic heterocycles. The number of thiophene rings is 1. The highest BCUT2D eigenvalue weighted by Gasteiger charge is 2.28. The van der Waals surface area contributed by atoms with Crippen LogP contribution < -0.4 is 4.90 Å². The van der Waals surface area contributed by atoms with Crippen molar-refractivity contribution in [2.24, 2.45) is 0 Å². The van der Waals surface area contributed by atoms with E-state index in [9.17, 15) is 0 Å². The summed E-state index contributed by atoms with van der Waals surface area (Å²) < 4.78 is 11.0. The fourth-order valence-corrected chi connectivity index (χ4v) is 3.58. The van der Waals surface area contributed by atoms with E-state index < -0.39 is 0 Å². The summed E-state index contributed by atoms with van der Waals surface area (Å²) in [5, 5.41) is 17.2. The van der Waals surface area contributed by atoms with E-state index in [0.29, 0.717) is 29.2 Å². The van der Waals surface area contributed by atoms with Crippen molar-refractivity contribution in [2.75, 3.05) is 18.0 Å². The number of oxazole rings is 1. The standard InChI is InChI=1S/C16H15N5O2S/c1-10-18-13(8-17)16(22-10)21-5-2-11(3-6-21)15-19-14(20-23-15)12-4-7-24-9-12/h4,7,9,11H,2-3,5-6H2,1H3. The number of piperidine rings is 1. The number of anilines is 1. The smallest absolute Gasteiger partial charge is 0.234 e. The van der Waals surface area contributed by atoms with Crippen LogP contribution >= 0.6 is 11.3 Å². The number of nitriles is 1. The van der Waals surface area contributed by atoms with Crippen LogP contribution in [0.4, 0.5) is 5.88 Å². The lowest BCUT2D eigenvalue weighted by molar-refractivity contribution is 0.326. The molecule has 0 unspecified atom stereocenters. The molecule has 0 atom stereocenters. The van der Waals surface area contributed by atoms with Gasteiger partial charge in [-0.3, -0.25) is 0 Å². The van der Waals surface area contributed by atoms with Gasteiger partial charge in [0.2, 0.25) is 23.3 Å². The summed E-state index contributed by atoms with van der Waals surface area (Å²) >= 11 is 1.61. The zero-order valence-electron chi connectivity index (χ0n) is 13.1. The second kappa shape index (κ2) is 6.09. The van der Waals surface area contributed by atoms with Crippen LogP contribution in [0.25, 0.3) is 11.4 Å². The van der Waals surface area contributed by atoms with Gasteiger partial charge in [-0.2, -0.15) is 21.6 Å². The molecule has 0 aliphatic carbocycles. The normalized spacial score (nSPS) is 15.6. The molecule has 3 aromatic heterocycles. The lowest BCUT2D eigenvalue weighted by Crippen LogP contribution is -2.33. The van der Waals surface area contributed by atoms with Crippen molar-refractivity contribution in [3.05, 3.63) is 34.3 Å². The van der Waals surface area contributed by atoms with Crippen molar-refractivity contribution in [3.63, 3.8) is 0 Å². The fourth-order valence-electron chi connectivity index (χ4n) is 2.94. The van der Waals surface area contributed by atoms with Crippen molar-refractivity contribution < 1.29 is 8.94 Å². The van der Waals surface area contributed by atoms with Gasteiger partial charge in [0.25, 0.3) is 0 Å². The molecular weight excluding hydrogens is 326 g/mol. The summed E-state index contributed by atoms with van der Waals surface area (Å²) in [4.78, 5) is 10.7. The topological polar surface area (TPSA) is 92.0 Å². The van der Waals surface area contributed by atoms with Crippen LogP contribution in [0.3, 0.4) is 0 Å². The molecular formula is C16H15N5O2S. The van der Waals surface area contributed by atoms with Crippen molar-refractivity contribution in [3.8, 4) is 17.5 Å². The first-order valence-electron chi connectivity index (χ1n) is 7.73. The summed E-state index contributed by atoms with van der Waals surface area (Å²) in [5.41, 5.74) is 1.34. The van der Waals surface area contributed by atoms with E-state index in [1.54, 1.807) is 18.3 Å². The quantitative estimate of drug-likeness (QED) is 0.721. The first-order valence-corrected chi connectivity index (χ1v) is 8.67. The maximum atomic E-state index is 9.15. The van der Waals surface area contributed by atoms with E-state index in [0.717, 1.165) is 31.5 Å². The van der Waals surface area contributed by atoms with Crippen LogP contribution in [0.1, 0.15) is 36.2 Å². The van der Waals surface area contributed by atoms with Gasteiger partial charge in [0.1, 0.15) is 6.07 Å². The monoisotopic (exact) mass is 341 g/mol. The third-order valence-electron chi connectivity index (χ3n) is 4.17. The Bertz CT molecular complexity index is 869. The van der Waals surface area contributed by atoms with E-state index in [4.69, 9.17) is 14.2 Å². The Labute approximate surface area is 142 Å². The molecule has 0 N–H and O–H groups in total. The number of nitrogens with zero attached hydrogens (tertiary/aromatic N) is 5. The number of rotatable bonds is 3. The molecule has 0 amide bonds. The summed E-state index contributed by atoms with van der Waals surface area (Å²) in [6, 6.07) is 4.07. The number of hydrogen-bond acceptors (Lipinski definition) is 8. The van der Waals surface area contributed by atoms with E-state index in [-0.39, 0.29) is 5.92 Å². The Hall–Kier alpha value is -2.66. The molecule has 0 saturated carbocycles. The highest BCUT2D eigenvalue weighted by Crippen LogP contribution is 2.32. The van der Waals surface area contributed by atoms with Gasteiger partial charge in [-0.15, -0.1) is 0 Å². The van der Waals surface area contributed by atoms with Crippen molar-refractivity contribution >= 4 is 17.2 Å². The molecule has 24 heavy (non-hydrogen) atoms. The minimum absolute atomic E-state index is 0.232. The average molecular weight is 341 g/mol. The molecule has 0 bridgehead atoms. The van der Waals surface area contributed by atoms with Gasteiger partial charge in [0.05, 0.1) is 0 Å². The van der Waals surface area contributed by atoms with E-state index in [1.807, 2.05) is 16.8 Å². The summed E-state index contributed by atoms with van der Waals surface area (Å²) in [6.07, 6.45) is 1.74. The zero-order chi connectivity index (χ0) is 16.5. The number of aryl methyl sites for hydroxylation is 1. The lowest BCUT2D eigenvalue weighted by atomic mass is 9.97. The van der Waals surface area contributed by atoms with Gasteiger partial charge < -0.3 is 13.8 Å². The van der Waals surface area contributed by atoms with Crippen LogP contribution in [0.2, 0.25) is 0 Å². The highest BCUT2D eigenvalue weighted by molar-refractivity contribution is 7.08. The van der Waals surface area contributed by atoms with E-state index in [2.05, 4.69) is 26.1 Å². The molecule has 3 aromatic rings. The molecule has 7 nitrogen and oxygen atoms in total. The summed E-state index contributed by atoms with van der Waals surface area (Å²) in [6.45, 7) is 3.29. The SMILES string of the molecule is Cc1nc(C#N)c(N2CCC(c3nc(-c4ccsc4)no3)CC2)o1. The van der Waals surface area contributed by atoms with E-state index in [1.165, 1.54) is 0 Å². The predicted octanol–water partition coefficient (Wildman–Crippen LogP) is 3.35. The molecule has 1 aliphatic rings. The Balaban J connectivity index is 1.46. The average Bonchev–Trinajstić information content (AvgIpc) is 3.34. The van der Waals surface area contributed by atoms with Gasteiger partial charge in [-0.1, -0.05) is 5.16 Å². The third-order valence-corrected chi connectivity index (χ3v) is 4.86. The Morgan fingerprint density at radius 3 is 2.88 bits per heavy atom. The predicted molar refractivity (Wildman–Crippen MR) is 87.8 cm³/mol. The molecule has 0 spiro atoms. The molecule has 4 rings (SSSR count). The van der Waals surface area contributed by atoms with Crippen molar-refractivity contribution in [2.45, 2.75) is 25.7 Å². The fraction of sp³-hybridized carbons (Fsp3) is 0.375. The molecule has 4 heterocycles. The van der Waals surface area contributed by atoms with Gasteiger partial charge in [0.15, 0.2) is 5.89 Å². The highest BCUT2D eigenvalue weighted by atomic mass is 32.1. The second-order valence-electron chi connectivity index (χ2n) is 5.73. The van der Waals surface area contributed by atoms with Crippen LogP contribution in [0.5, 0.6) is 0 Å². The molecule has 1 fully saturated rings. The maximum Gasteiger partial charge on any atom is 0.234 e. The van der Waals surface area contributed by atoms with Crippen molar-refractivity contribution in [1.29, 1.82) is 5.26 Å². The maximum absolute atomic E-state index is 9.15. The van der Waals surface area contributed by atoms with Crippen LogP contribution in [0.15, 0.2) is 25.8 Å². The van der Waals surface area contributed by atoms with Gasteiger partial charge >= 0.3 is 0 Å². The van der Waals surface area contributed by atoms with Crippen LogP contribution in [-0.4, -0.2) is 28.2 Å². The molecule has 8 heteroatoms. The molecule has 0 aromatic carbocycles. The number of hydrogen-bond donors (Lipinski definition) is 0. The lowest BCUT2D eigenvalue weighted by Gasteiger charge is -2.29. The Morgan fingerprint density at radius 2 is 2.17 bits per heavy atom. The van der Waals surface area contributed by atoms with Gasteiger partial charge in [0, 0.05) is 36.9 Å². The minimum atomic E-state index is 0.232. The molecule has 122 valence electrons. The molecule has 0 radical (unpaired) electrons. The van der Waals surface area contributed by atoms with Gasteiger partial charge in [-0.05, 0) is 24.3 Å². The second-order valence-corrected chi connectivity index (χ2v) is 6.51. The minimum Gasteiger partial charge on any atom is -0.424 e. The van der Waals surface area contributed by atoms with Crippen LogP contribution in [-0.2, 0) is 0 Å². The summed E-state index contributed by atoms with van der Waals surface area (Å²) in [7, 11) is 0. The van der Waals surface area contributed by atoms with Gasteiger partial charge in [-0.25, -0.2) is 4.98 Å².